The molecular formula is C17H12Cl2N4O2. The van der Waals surface area contributed by atoms with Crippen molar-refractivity contribution in [2.24, 2.45) is 0 Å². The Morgan fingerprint density at radius 3 is 2.88 bits per heavy atom. The zero-order valence-electron chi connectivity index (χ0n) is 12.9. The summed E-state index contributed by atoms with van der Waals surface area (Å²) in [5.74, 6) is 1.37. The first-order valence-electron chi connectivity index (χ1n) is 7.33. The molecule has 0 bridgehead atoms. The van der Waals surface area contributed by atoms with Gasteiger partial charge >= 0.3 is 0 Å². The van der Waals surface area contributed by atoms with Gasteiger partial charge in [-0.3, -0.25) is 4.98 Å². The van der Waals surface area contributed by atoms with Gasteiger partial charge in [-0.15, -0.1) is 23.2 Å². The third kappa shape index (κ3) is 4.27. The van der Waals surface area contributed by atoms with E-state index < -0.39 is 0 Å². The minimum Gasteiger partial charge on any atom is -0.492 e. The number of nitrogens with zero attached hydrogens (tertiary/aromatic N) is 4. The Hall–Kier alpha value is -2.62. The van der Waals surface area contributed by atoms with E-state index in [1.807, 2.05) is 6.07 Å². The van der Waals surface area contributed by atoms with Crippen molar-refractivity contribution in [1.29, 1.82) is 5.26 Å². The van der Waals surface area contributed by atoms with Crippen molar-refractivity contribution < 1.29 is 9.26 Å². The molecule has 126 valence electrons. The first-order chi connectivity index (χ1) is 12.2. The highest BCUT2D eigenvalue weighted by Gasteiger charge is 2.14. The number of hydrogen-bond donors (Lipinski definition) is 0. The molecule has 0 fully saturated rings. The van der Waals surface area contributed by atoms with Crippen molar-refractivity contribution in [3.8, 4) is 34.8 Å². The van der Waals surface area contributed by atoms with Crippen molar-refractivity contribution in [2.75, 3.05) is 12.5 Å². The molecule has 1 unspecified atom stereocenters. The van der Waals surface area contributed by atoms with E-state index in [4.69, 9.17) is 32.5 Å². The SMILES string of the molecule is N#Cc1cc(OCC(Cl)CCl)cc(-c2nc(-c3ccccn3)no2)c1. The third-order valence-corrected chi connectivity index (χ3v) is 4.01. The van der Waals surface area contributed by atoms with E-state index in [1.165, 1.54) is 0 Å². The Morgan fingerprint density at radius 2 is 2.16 bits per heavy atom. The van der Waals surface area contributed by atoms with Gasteiger partial charge in [0.15, 0.2) is 0 Å². The summed E-state index contributed by atoms with van der Waals surface area (Å²) in [6.07, 6.45) is 1.65. The average Bonchev–Trinajstić information content (AvgIpc) is 3.16. The highest BCUT2D eigenvalue weighted by Crippen LogP contribution is 2.26. The highest BCUT2D eigenvalue weighted by molar-refractivity contribution is 6.28. The smallest absolute Gasteiger partial charge is 0.258 e. The van der Waals surface area contributed by atoms with Crippen LogP contribution in [-0.2, 0) is 0 Å². The first-order valence-corrected chi connectivity index (χ1v) is 8.30. The predicted octanol–water partition coefficient (Wildman–Crippen LogP) is 3.90. The second-order valence-electron chi connectivity index (χ2n) is 5.06. The summed E-state index contributed by atoms with van der Waals surface area (Å²) >= 11 is 11.6. The fourth-order valence-corrected chi connectivity index (χ4v) is 2.19. The number of benzene rings is 1. The van der Waals surface area contributed by atoms with Gasteiger partial charge in [0.05, 0.1) is 17.0 Å². The number of hydrogen-bond acceptors (Lipinski definition) is 6. The molecule has 0 radical (unpaired) electrons. The Balaban J connectivity index is 1.89. The maximum absolute atomic E-state index is 9.21. The standard InChI is InChI=1S/C17H12Cl2N4O2/c18-8-13(19)10-24-14-6-11(9-20)5-12(7-14)17-22-16(23-25-17)15-3-1-2-4-21-15/h1-7,13H,8,10H2. The monoisotopic (exact) mass is 374 g/mol. The molecule has 0 saturated carbocycles. The number of aromatic nitrogens is 3. The van der Waals surface area contributed by atoms with Crippen LogP contribution in [0.2, 0.25) is 0 Å². The number of alkyl halides is 2. The van der Waals surface area contributed by atoms with Gasteiger partial charge in [-0.05, 0) is 30.3 Å². The summed E-state index contributed by atoms with van der Waals surface area (Å²) in [5.41, 5.74) is 1.57. The van der Waals surface area contributed by atoms with E-state index in [0.29, 0.717) is 28.4 Å². The van der Waals surface area contributed by atoms with Gasteiger partial charge in [-0.25, -0.2) is 0 Å². The largest absolute Gasteiger partial charge is 0.492 e. The van der Waals surface area contributed by atoms with Gasteiger partial charge in [0.2, 0.25) is 5.82 Å². The van der Waals surface area contributed by atoms with Crippen LogP contribution in [0.3, 0.4) is 0 Å². The molecular weight excluding hydrogens is 363 g/mol. The Kier molecular flexibility index (Phi) is 5.49. The van der Waals surface area contributed by atoms with Gasteiger partial charge in [0.1, 0.15) is 18.1 Å². The van der Waals surface area contributed by atoms with E-state index >= 15 is 0 Å². The topological polar surface area (TPSA) is 84.8 Å². The molecule has 3 aromatic rings. The van der Waals surface area contributed by atoms with Crippen LogP contribution >= 0.6 is 23.2 Å². The van der Waals surface area contributed by atoms with Crippen LogP contribution in [0.5, 0.6) is 5.75 Å². The van der Waals surface area contributed by atoms with Crippen molar-refractivity contribution in [2.45, 2.75) is 5.38 Å². The molecule has 8 heteroatoms. The minimum absolute atomic E-state index is 0.225. The highest BCUT2D eigenvalue weighted by atomic mass is 35.5. The lowest BCUT2D eigenvalue weighted by molar-refractivity contribution is 0.321. The molecule has 1 atom stereocenters. The molecule has 0 N–H and O–H groups in total. The van der Waals surface area contributed by atoms with Crippen LogP contribution in [0.25, 0.3) is 23.0 Å². The van der Waals surface area contributed by atoms with Gasteiger partial charge in [0.25, 0.3) is 5.89 Å². The minimum atomic E-state index is -0.324. The molecule has 0 spiro atoms. The second kappa shape index (κ2) is 7.97. The van der Waals surface area contributed by atoms with Crippen molar-refractivity contribution >= 4 is 23.2 Å². The van der Waals surface area contributed by atoms with Crippen LogP contribution in [0.4, 0.5) is 0 Å². The maximum Gasteiger partial charge on any atom is 0.258 e. The van der Waals surface area contributed by atoms with E-state index in [0.717, 1.165) is 0 Å². The molecule has 0 saturated heterocycles. The lowest BCUT2D eigenvalue weighted by Gasteiger charge is -2.09. The molecule has 2 aromatic heterocycles. The van der Waals surface area contributed by atoms with Gasteiger partial charge in [0, 0.05) is 17.6 Å². The summed E-state index contributed by atoms with van der Waals surface area (Å²) in [6.45, 7) is 0.225. The quantitative estimate of drug-likeness (QED) is 0.608. The van der Waals surface area contributed by atoms with Gasteiger partial charge in [-0.2, -0.15) is 10.2 Å². The van der Waals surface area contributed by atoms with Gasteiger partial charge < -0.3 is 9.26 Å². The fraction of sp³-hybridized carbons (Fsp3) is 0.176. The summed E-state index contributed by atoms with van der Waals surface area (Å²) in [7, 11) is 0. The van der Waals surface area contributed by atoms with E-state index in [9.17, 15) is 5.26 Å². The number of rotatable bonds is 6. The molecule has 0 aliphatic carbocycles. The molecule has 0 aliphatic rings. The van der Waals surface area contributed by atoms with Crippen molar-refractivity contribution in [3.63, 3.8) is 0 Å². The molecule has 0 aliphatic heterocycles. The zero-order valence-corrected chi connectivity index (χ0v) is 14.4. The van der Waals surface area contributed by atoms with E-state index in [-0.39, 0.29) is 23.8 Å². The predicted molar refractivity (Wildman–Crippen MR) is 93.5 cm³/mol. The summed E-state index contributed by atoms with van der Waals surface area (Å²) in [4.78, 5) is 8.50. The van der Waals surface area contributed by atoms with Crippen LogP contribution < -0.4 is 4.74 Å². The molecule has 6 nitrogen and oxygen atoms in total. The van der Waals surface area contributed by atoms with Crippen LogP contribution in [0.15, 0.2) is 47.1 Å². The third-order valence-electron chi connectivity index (χ3n) is 3.20. The summed E-state index contributed by atoms with van der Waals surface area (Å²) in [5, 5.41) is 12.8. The van der Waals surface area contributed by atoms with Crippen LogP contribution in [0, 0.1) is 11.3 Å². The molecule has 3 rings (SSSR count). The average molecular weight is 375 g/mol. The first kappa shape index (κ1) is 17.2. The van der Waals surface area contributed by atoms with Crippen molar-refractivity contribution in [1.82, 2.24) is 15.1 Å². The Labute approximate surface area is 154 Å². The Bertz CT molecular complexity index is 893. The van der Waals surface area contributed by atoms with E-state index in [1.54, 1.807) is 36.5 Å². The summed E-state index contributed by atoms with van der Waals surface area (Å²) < 4.78 is 10.9. The van der Waals surface area contributed by atoms with Crippen LogP contribution in [0.1, 0.15) is 5.56 Å². The number of nitriles is 1. The number of ether oxygens (including phenoxy) is 1. The lowest BCUT2D eigenvalue weighted by Crippen LogP contribution is -2.13. The molecule has 2 heterocycles. The fourth-order valence-electron chi connectivity index (χ4n) is 2.04. The maximum atomic E-state index is 9.21. The molecule has 0 amide bonds. The van der Waals surface area contributed by atoms with Gasteiger partial charge in [-0.1, -0.05) is 11.2 Å². The van der Waals surface area contributed by atoms with Crippen molar-refractivity contribution in [3.05, 3.63) is 48.2 Å². The Morgan fingerprint density at radius 1 is 1.28 bits per heavy atom. The number of halogens is 2. The zero-order chi connectivity index (χ0) is 17.6. The molecule has 1 aromatic carbocycles. The second-order valence-corrected chi connectivity index (χ2v) is 5.98. The number of pyridine rings is 1. The lowest BCUT2D eigenvalue weighted by atomic mass is 10.1. The normalized spacial score (nSPS) is 11.7. The molecule has 25 heavy (non-hydrogen) atoms. The summed E-state index contributed by atoms with van der Waals surface area (Å²) in [6, 6.07) is 12.4. The van der Waals surface area contributed by atoms with Crippen LogP contribution in [-0.4, -0.2) is 33.0 Å². The van der Waals surface area contributed by atoms with E-state index in [2.05, 4.69) is 21.2 Å².